The number of aryl methyl sites for hydroxylation is 2. The first kappa shape index (κ1) is 14.2. The standard InChI is InChI=1S/C12H18N2O4/c1-5-8-9(7(4)18-14-8)11(15)13-10(6(2)3)12(16)17/h6,10H,5H2,1-4H3,(H,13,15)(H,16,17). The second-order valence-electron chi connectivity index (χ2n) is 4.45. The Morgan fingerprint density at radius 1 is 1.44 bits per heavy atom. The van der Waals surface area contributed by atoms with Crippen LogP contribution < -0.4 is 5.32 Å². The van der Waals surface area contributed by atoms with Crippen LogP contribution in [0.25, 0.3) is 0 Å². The van der Waals surface area contributed by atoms with Crippen molar-refractivity contribution in [2.24, 2.45) is 5.92 Å². The minimum absolute atomic E-state index is 0.198. The van der Waals surface area contributed by atoms with Crippen LogP contribution in [-0.2, 0) is 11.2 Å². The molecule has 1 aromatic rings. The number of nitrogens with zero attached hydrogens (tertiary/aromatic N) is 1. The number of rotatable bonds is 5. The number of carboxylic acids is 1. The molecule has 0 aromatic carbocycles. The van der Waals surface area contributed by atoms with Crippen LogP contribution in [-0.4, -0.2) is 28.2 Å². The molecule has 1 amide bonds. The van der Waals surface area contributed by atoms with Gasteiger partial charge in [0.15, 0.2) is 0 Å². The lowest BCUT2D eigenvalue weighted by Crippen LogP contribution is -2.44. The van der Waals surface area contributed by atoms with E-state index in [1.807, 2.05) is 6.92 Å². The highest BCUT2D eigenvalue weighted by molar-refractivity contribution is 5.98. The maximum atomic E-state index is 12.1. The second kappa shape index (κ2) is 5.66. The van der Waals surface area contributed by atoms with Crippen LogP contribution >= 0.6 is 0 Å². The molecule has 1 heterocycles. The van der Waals surface area contributed by atoms with Gasteiger partial charge in [-0.25, -0.2) is 4.79 Å². The summed E-state index contributed by atoms with van der Waals surface area (Å²) in [5.74, 6) is -1.30. The lowest BCUT2D eigenvalue weighted by molar-refractivity contribution is -0.140. The van der Waals surface area contributed by atoms with E-state index in [2.05, 4.69) is 10.5 Å². The normalized spacial score (nSPS) is 12.5. The number of hydrogen-bond donors (Lipinski definition) is 2. The molecule has 0 saturated heterocycles. The van der Waals surface area contributed by atoms with Crippen molar-refractivity contribution in [2.75, 3.05) is 0 Å². The van der Waals surface area contributed by atoms with Gasteiger partial charge in [0.25, 0.3) is 5.91 Å². The van der Waals surface area contributed by atoms with Crippen LogP contribution in [0, 0.1) is 12.8 Å². The SMILES string of the molecule is CCc1noc(C)c1C(=O)NC(C(=O)O)C(C)C. The molecule has 0 saturated carbocycles. The minimum atomic E-state index is -1.05. The van der Waals surface area contributed by atoms with Gasteiger partial charge in [-0.1, -0.05) is 25.9 Å². The molecule has 1 atom stereocenters. The van der Waals surface area contributed by atoms with Crippen molar-refractivity contribution in [3.8, 4) is 0 Å². The fraction of sp³-hybridized carbons (Fsp3) is 0.583. The summed E-state index contributed by atoms with van der Waals surface area (Å²) >= 11 is 0. The van der Waals surface area contributed by atoms with E-state index in [1.54, 1.807) is 20.8 Å². The van der Waals surface area contributed by atoms with Crippen molar-refractivity contribution in [1.82, 2.24) is 10.5 Å². The molecule has 1 rings (SSSR count). The fourth-order valence-electron chi connectivity index (χ4n) is 1.68. The molecular formula is C12H18N2O4. The van der Waals surface area contributed by atoms with Gasteiger partial charge in [0, 0.05) is 0 Å². The molecule has 18 heavy (non-hydrogen) atoms. The first-order chi connectivity index (χ1) is 8.38. The Labute approximate surface area is 105 Å². The summed E-state index contributed by atoms with van der Waals surface area (Å²) in [5, 5.41) is 15.3. The Kier molecular flexibility index (Phi) is 4.47. The number of carboxylic acid groups (broad SMARTS) is 1. The Hall–Kier alpha value is -1.85. The number of nitrogens with one attached hydrogen (secondary N) is 1. The summed E-state index contributed by atoms with van der Waals surface area (Å²) in [4.78, 5) is 23.1. The number of aliphatic carboxylic acids is 1. The largest absolute Gasteiger partial charge is 0.480 e. The zero-order chi connectivity index (χ0) is 13.9. The predicted molar refractivity (Wildman–Crippen MR) is 64.3 cm³/mol. The third kappa shape index (κ3) is 2.88. The van der Waals surface area contributed by atoms with Gasteiger partial charge in [0.05, 0.1) is 5.69 Å². The van der Waals surface area contributed by atoms with Crippen LogP contribution in [0.3, 0.4) is 0 Å². The van der Waals surface area contributed by atoms with E-state index < -0.39 is 17.9 Å². The van der Waals surface area contributed by atoms with Gasteiger partial charge < -0.3 is 14.9 Å². The third-order valence-corrected chi connectivity index (χ3v) is 2.71. The number of aromatic nitrogens is 1. The summed E-state index contributed by atoms with van der Waals surface area (Å²) in [5.41, 5.74) is 0.877. The molecule has 0 radical (unpaired) electrons. The van der Waals surface area contributed by atoms with Crippen LogP contribution in [0.1, 0.15) is 42.6 Å². The number of hydrogen-bond acceptors (Lipinski definition) is 4. The highest BCUT2D eigenvalue weighted by atomic mass is 16.5. The topological polar surface area (TPSA) is 92.4 Å². The zero-order valence-corrected chi connectivity index (χ0v) is 11.0. The summed E-state index contributed by atoms with van der Waals surface area (Å²) in [7, 11) is 0. The maximum Gasteiger partial charge on any atom is 0.326 e. The quantitative estimate of drug-likeness (QED) is 0.828. The van der Waals surface area contributed by atoms with Crippen LogP contribution in [0.5, 0.6) is 0 Å². The van der Waals surface area contributed by atoms with Crippen LogP contribution in [0.4, 0.5) is 0 Å². The van der Waals surface area contributed by atoms with E-state index in [-0.39, 0.29) is 5.92 Å². The van der Waals surface area contributed by atoms with Crippen molar-refractivity contribution in [2.45, 2.75) is 40.2 Å². The molecule has 2 N–H and O–H groups in total. The molecule has 100 valence electrons. The molecule has 0 bridgehead atoms. The van der Waals surface area contributed by atoms with Crippen molar-refractivity contribution in [3.05, 3.63) is 17.0 Å². The lowest BCUT2D eigenvalue weighted by atomic mass is 10.0. The molecule has 6 nitrogen and oxygen atoms in total. The summed E-state index contributed by atoms with van der Waals surface area (Å²) in [6, 6.07) is -0.920. The second-order valence-corrected chi connectivity index (χ2v) is 4.45. The van der Waals surface area contributed by atoms with E-state index in [0.29, 0.717) is 23.4 Å². The Balaban J connectivity index is 2.94. The van der Waals surface area contributed by atoms with Crippen molar-refractivity contribution >= 4 is 11.9 Å². The summed E-state index contributed by atoms with van der Waals surface area (Å²) < 4.78 is 4.95. The van der Waals surface area contributed by atoms with Gasteiger partial charge in [0.1, 0.15) is 17.4 Å². The molecule has 0 aliphatic rings. The van der Waals surface area contributed by atoms with Gasteiger partial charge in [-0.3, -0.25) is 4.79 Å². The van der Waals surface area contributed by atoms with E-state index in [0.717, 1.165) is 0 Å². The first-order valence-electron chi connectivity index (χ1n) is 5.87. The monoisotopic (exact) mass is 254 g/mol. The van der Waals surface area contributed by atoms with Gasteiger partial charge >= 0.3 is 5.97 Å². The highest BCUT2D eigenvalue weighted by Crippen LogP contribution is 2.14. The summed E-state index contributed by atoms with van der Waals surface area (Å²) in [6.07, 6.45) is 0.555. The van der Waals surface area contributed by atoms with Gasteiger partial charge in [-0.2, -0.15) is 0 Å². The zero-order valence-electron chi connectivity index (χ0n) is 11.0. The van der Waals surface area contributed by atoms with E-state index in [1.165, 1.54) is 0 Å². The molecule has 0 fully saturated rings. The molecule has 0 aliphatic carbocycles. The van der Waals surface area contributed by atoms with Crippen LogP contribution in [0.2, 0.25) is 0 Å². The number of carbonyl (C=O) groups excluding carboxylic acids is 1. The Bertz CT molecular complexity index is 451. The molecule has 0 aliphatic heterocycles. The van der Waals surface area contributed by atoms with E-state index in [4.69, 9.17) is 9.63 Å². The number of amides is 1. The van der Waals surface area contributed by atoms with Crippen molar-refractivity contribution in [3.63, 3.8) is 0 Å². The molecule has 0 spiro atoms. The van der Waals surface area contributed by atoms with Crippen molar-refractivity contribution < 1.29 is 19.2 Å². The Morgan fingerprint density at radius 3 is 2.50 bits per heavy atom. The van der Waals surface area contributed by atoms with Gasteiger partial charge in [-0.05, 0) is 19.3 Å². The summed E-state index contributed by atoms with van der Waals surface area (Å²) in [6.45, 7) is 6.96. The highest BCUT2D eigenvalue weighted by Gasteiger charge is 2.27. The number of carbonyl (C=O) groups is 2. The van der Waals surface area contributed by atoms with E-state index in [9.17, 15) is 9.59 Å². The average molecular weight is 254 g/mol. The molecular weight excluding hydrogens is 236 g/mol. The maximum absolute atomic E-state index is 12.1. The first-order valence-corrected chi connectivity index (χ1v) is 5.87. The fourth-order valence-corrected chi connectivity index (χ4v) is 1.68. The third-order valence-electron chi connectivity index (χ3n) is 2.71. The predicted octanol–water partition coefficient (Wildman–Crippen LogP) is 1.38. The van der Waals surface area contributed by atoms with Crippen LogP contribution in [0.15, 0.2) is 4.52 Å². The van der Waals surface area contributed by atoms with E-state index >= 15 is 0 Å². The smallest absolute Gasteiger partial charge is 0.326 e. The van der Waals surface area contributed by atoms with Gasteiger partial charge in [0.2, 0.25) is 0 Å². The average Bonchev–Trinajstić information content (AvgIpc) is 2.66. The van der Waals surface area contributed by atoms with Crippen molar-refractivity contribution in [1.29, 1.82) is 0 Å². The molecule has 1 aromatic heterocycles. The molecule has 6 heteroatoms. The Morgan fingerprint density at radius 2 is 2.06 bits per heavy atom. The molecule has 1 unspecified atom stereocenters. The minimum Gasteiger partial charge on any atom is -0.480 e. The lowest BCUT2D eigenvalue weighted by Gasteiger charge is -2.17. The van der Waals surface area contributed by atoms with Gasteiger partial charge in [-0.15, -0.1) is 0 Å².